The van der Waals surface area contributed by atoms with Crippen LogP contribution in [0.4, 0.5) is 0 Å². The summed E-state index contributed by atoms with van der Waals surface area (Å²) in [5, 5.41) is 56.9. The molecule has 79 heavy (non-hydrogen) atoms. The number of aliphatic hydroxyl groups excluding tert-OH is 5. The highest BCUT2D eigenvalue weighted by molar-refractivity contribution is 5.80. The van der Waals surface area contributed by atoms with Gasteiger partial charge in [0.15, 0.2) is 12.4 Å². The van der Waals surface area contributed by atoms with Gasteiger partial charge in [0.05, 0.1) is 25.4 Å². The first-order valence-corrected chi connectivity index (χ1v) is 31.7. The van der Waals surface area contributed by atoms with E-state index in [1.807, 2.05) is 60.8 Å². The minimum absolute atomic E-state index is 0.110. The highest BCUT2D eigenvalue weighted by Gasteiger charge is 2.47. The summed E-state index contributed by atoms with van der Waals surface area (Å²) in [5.41, 5.74) is 0. The number of unbranched alkanes of at least 4 members (excludes halogenated alkanes) is 26. The van der Waals surface area contributed by atoms with Crippen LogP contribution in [0.2, 0.25) is 0 Å². The highest BCUT2D eigenvalue weighted by atomic mass is 16.7. The van der Waals surface area contributed by atoms with Crippen LogP contribution in [0.5, 0.6) is 0 Å². The first-order valence-electron chi connectivity index (χ1n) is 31.7. The zero-order chi connectivity index (χ0) is 57.5. The highest BCUT2D eigenvalue weighted by Crippen LogP contribution is 2.26. The van der Waals surface area contributed by atoms with Crippen molar-refractivity contribution in [3.63, 3.8) is 0 Å². The Kier molecular flexibility index (Phi) is 50.9. The molecule has 1 aliphatic heterocycles. The Labute approximate surface area is 481 Å². The standard InChI is InChI=1S/C68H115NO10/c1-4-7-10-13-16-19-22-24-26-27-28-29-30-31-32-33-34-35-36-38-41-44-47-50-53-56-63(73)79-66-65(75)64(74)62(57-70)78-68(66)77-58-59(60(71)54-51-48-45-42-39-21-18-15-12-9-6-3)69-67(76)61(72)55-52-49-46-43-40-37-25-23-20-17-14-11-8-5-2/h8,11,14,16-17,19-20,23-26,28-29,37,40,43,51,54,59-62,64-66,68,70-72,74-75H,4-7,9-10,12-13,15,18,21-22,27,30-36,38-39,41-42,44-50,52-53,55-58H2,1-3H3,(H,69,76)/b11-8+,17-14+,19-16-,23-20-,26-24-,29-28-,37-25-,43-40+,54-51+. The molecule has 0 spiro atoms. The molecule has 452 valence electrons. The average Bonchev–Trinajstić information content (AvgIpc) is 3.45. The second-order valence-electron chi connectivity index (χ2n) is 21.5. The van der Waals surface area contributed by atoms with E-state index in [9.17, 15) is 35.1 Å². The van der Waals surface area contributed by atoms with Crippen molar-refractivity contribution in [3.8, 4) is 0 Å². The maximum atomic E-state index is 13.4. The van der Waals surface area contributed by atoms with Crippen molar-refractivity contribution in [3.05, 3.63) is 109 Å². The predicted molar refractivity (Wildman–Crippen MR) is 328 cm³/mol. The number of esters is 1. The Bertz CT molecular complexity index is 1700. The molecule has 1 rings (SSSR count). The number of hydrogen-bond donors (Lipinski definition) is 6. The van der Waals surface area contributed by atoms with Crippen molar-refractivity contribution in [2.75, 3.05) is 13.2 Å². The number of aliphatic hydroxyl groups is 5. The molecule has 6 N–H and O–H groups in total. The lowest BCUT2D eigenvalue weighted by atomic mass is 9.99. The van der Waals surface area contributed by atoms with Crippen LogP contribution in [0.3, 0.4) is 0 Å². The first kappa shape index (κ1) is 73.3. The fourth-order valence-electron chi connectivity index (χ4n) is 9.27. The van der Waals surface area contributed by atoms with Crippen LogP contribution >= 0.6 is 0 Å². The molecule has 0 aromatic rings. The van der Waals surface area contributed by atoms with Gasteiger partial charge < -0.3 is 45.1 Å². The minimum atomic E-state index is -1.63. The molecule has 1 aliphatic rings. The number of carbonyl (C=O) groups excluding carboxylic acids is 2. The van der Waals surface area contributed by atoms with Crippen molar-refractivity contribution in [2.45, 2.75) is 294 Å². The summed E-state index contributed by atoms with van der Waals surface area (Å²) >= 11 is 0. The number of nitrogens with one attached hydrogen (secondary N) is 1. The number of hydrogen-bond acceptors (Lipinski definition) is 10. The summed E-state index contributed by atoms with van der Waals surface area (Å²) < 4.78 is 17.6. The summed E-state index contributed by atoms with van der Waals surface area (Å²) in [6.45, 7) is 5.57. The van der Waals surface area contributed by atoms with E-state index in [0.717, 1.165) is 83.5 Å². The summed E-state index contributed by atoms with van der Waals surface area (Å²) in [7, 11) is 0. The van der Waals surface area contributed by atoms with Gasteiger partial charge in [0.2, 0.25) is 5.91 Å². The number of carbonyl (C=O) groups is 2. The van der Waals surface area contributed by atoms with Crippen LogP contribution in [0.25, 0.3) is 0 Å². The topological polar surface area (TPSA) is 175 Å². The molecule has 0 aromatic carbocycles. The molecule has 1 saturated heterocycles. The van der Waals surface area contributed by atoms with Crippen molar-refractivity contribution in [1.82, 2.24) is 5.32 Å². The van der Waals surface area contributed by atoms with Gasteiger partial charge in [-0.05, 0) is 83.5 Å². The molecule has 8 unspecified atom stereocenters. The van der Waals surface area contributed by atoms with E-state index in [2.05, 4.69) is 68.6 Å². The van der Waals surface area contributed by atoms with Gasteiger partial charge in [-0.25, -0.2) is 0 Å². The van der Waals surface area contributed by atoms with Gasteiger partial charge >= 0.3 is 5.97 Å². The molecule has 0 saturated carbocycles. The van der Waals surface area contributed by atoms with Gasteiger partial charge in [0.1, 0.15) is 24.4 Å². The maximum absolute atomic E-state index is 13.4. The van der Waals surface area contributed by atoms with Crippen molar-refractivity contribution in [1.29, 1.82) is 0 Å². The van der Waals surface area contributed by atoms with Gasteiger partial charge in [-0.1, -0.05) is 265 Å². The second kappa shape index (κ2) is 54.9. The molecule has 11 heteroatoms. The Morgan fingerprint density at radius 2 is 0.962 bits per heavy atom. The normalized spacial score (nSPS) is 19.6. The molecule has 1 heterocycles. The molecular weight excluding hydrogens is 991 g/mol. The van der Waals surface area contributed by atoms with Crippen molar-refractivity contribution >= 4 is 11.9 Å². The number of ether oxygens (including phenoxy) is 3. The maximum Gasteiger partial charge on any atom is 0.306 e. The number of amides is 1. The average molecular weight is 1110 g/mol. The Hall–Kier alpha value is -3.68. The van der Waals surface area contributed by atoms with E-state index in [-0.39, 0.29) is 19.4 Å². The lowest BCUT2D eigenvalue weighted by molar-refractivity contribution is -0.305. The molecule has 1 fully saturated rings. The number of rotatable bonds is 52. The van der Waals surface area contributed by atoms with Crippen LogP contribution in [0, 0.1) is 0 Å². The van der Waals surface area contributed by atoms with E-state index in [1.54, 1.807) is 6.08 Å². The molecule has 1 amide bonds. The minimum Gasteiger partial charge on any atom is -0.454 e. The third-order valence-corrected chi connectivity index (χ3v) is 14.3. The van der Waals surface area contributed by atoms with Crippen molar-refractivity contribution in [2.24, 2.45) is 0 Å². The van der Waals surface area contributed by atoms with Crippen LogP contribution in [-0.4, -0.2) is 99.6 Å². The van der Waals surface area contributed by atoms with E-state index < -0.39 is 67.4 Å². The Morgan fingerprint density at radius 3 is 1.51 bits per heavy atom. The monoisotopic (exact) mass is 1110 g/mol. The SMILES string of the molecule is CC/C=C/C=C/C=C\C=C/C=C/CCCCC(O)C(=O)NC(COC1OC(CO)C(O)C(O)C1OC(=O)CCCCCCCCCCCCCC/C=C\C/C=C\C/C=C\CCCCC)C(O)/C=C/CCCCCCCCCCC. The molecule has 0 aliphatic carbocycles. The van der Waals surface area contributed by atoms with Gasteiger partial charge in [-0.3, -0.25) is 9.59 Å². The summed E-state index contributed by atoms with van der Waals surface area (Å²) in [4.78, 5) is 26.5. The fourth-order valence-corrected chi connectivity index (χ4v) is 9.27. The van der Waals surface area contributed by atoms with Gasteiger partial charge in [-0.2, -0.15) is 0 Å². The fraction of sp³-hybridized carbons (Fsp3) is 0.706. The molecule has 8 atom stereocenters. The Morgan fingerprint density at radius 1 is 0.519 bits per heavy atom. The van der Waals surface area contributed by atoms with E-state index in [1.165, 1.54) is 116 Å². The van der Waals surface area contributed by atoms with Gasteiger partial charge in [0, 0.05) is 6.42 Å². The summed E-state index contributed by atoms with van der Waals surface area (Å²) in [6, 6.07) is -1.05. The van der Waals surface area contributed by atoms with Crippen LogP contribution in [0.1, 0.15) is 245 Å². The predicted octanol–water partition coefficient (Wildman–Crippen LogP) is 15.3. The smallest absolute Gasteiger partial charge is 0.306 e. The molecule has 0 radical (unpaired) electrons. The summed E-state index contributed by atoms with van der Waals surface area (Å²) in [5.74, 6) is -1.25. The molecule has 0 aromatic heterocycles. The zero-order valence-electron chi connectivity index (χ0n) is 50.0. The largest absolute Gasteiger partial charge is 0.454 e. The van der Waals surface area contributed by atoms with Crippen LogP contribution < -0.4 is 5.32 Å². The van der Waals surface area contributed by atoms with Crippen LogP contribution in [0.15, 0.2) is 109 Å². The van der Waals surface area contributed by atoms with Crippen molar-refractivity contribution < 1.29 is 49.3 Å². The lowest BCUT2D eigenvalue weighted by Crippen LogP contribution is -2.61. The third kappa shape index (κ3) is 42.8. The van der Waals surface area contributed by atoms with E-state index in [4.69, 9.17) is 14.2 Å². The first-order chi connectivity index (χ1) is 38.7. The lowest BCUT2D eigenvalue weighted by Gasteiger charge is -2.41. The van der Waals surface area contributed by atoms with Crippen LogP contribution in [-0.2, 0) is 23.8 Å². The Balaban J connectivity index is 2.62. The zero-order valence-corrected chi connectivity index (χ0v) is 50.0. The molecule has 11 nitrogen and oxygen atoms in total. The van der Waals surface area contributed by atoms with Gasteiger partial charge in [-0.15, -0.1) is 0 Å². The molecular formula is C68H115NO10. The quantitative estimate of drug-likeness (QED) is 0.0149. The second-order valence-corrected chi connectivity index (χ2v) is 21.5. The third-order valence-electron chi connectivity index (χ3n) is 14.3. The van der Waals surface area contributed by atoms with Gasteiger partial charge in [0.25, 0.3) is 0 Å². The van der Waals surface area contributed by atoms with E-state index in [0.29, 0.717) is 12.8 Å². The molecule has 0 bridgehead atoms. The number of allylic oxidation sites excluding steroid dienone is 17. The van der Waals surface area contributed by atoms with E-state index >= 15 is 0 Å². The summed E-state index contributed by atoms with van der Waals surface area (Å²) in [6.07, 6.45) is 64.2.